The van der Waals surface area contributed by atoms with Gasteiger partial charge in [0, 0.05) is 12.3 Å². The first-order valence-corrected chi connectivity index (χ1v) is 9.20. The molecule has 0 aliphatic carbocycles. The first-order valence-electron chi connectivity index (χ1n) is 5.32. The molecule has 1 fully saturated rings. The summed E-state index contributed by atoms with van der Waals surface area (Å²) in [6, 6.07) is -0.215. The molecule has 1 rings (SSSR count). The molecule has 1 saturated heterocycles. The first-order chi connectivity index (χ1) is 7.18. The minimum Gasteiger partial charge on any atom is -0.328 e. The van der Waals surface area contributed by atoms with Gasteiger partial charge in [-0.05, 0) is 25.2 Å². The van der Waals surface area contributed by atoms with Crippen LogP contribution in [0.4, 0.5) is 0 Å². The predicted octanol–water partition coefficient (Wildman–Crippen LogP) is -0.427. The molecule has 0 spiro atoms. The van der Waals surface area contributed by atoms with Gasteiger partial charge in [-0.2, -0.15) is 0 Å². The molecule has 7 heteroatoms. The van der Waals surface area contributed by atoms with Gasteiger partial charge in [0.2, 0.25) is 0 Å². The Kier molecular flexibility index (Phi) is 4.36. The van der Waals surface area contributed by atoms with Crippen molar-refractivity contribution in [3.8, 4) is 0 Å². The van der Waals surface area contributed by atoms with E-state index in [0.29, 0.717) is 19.3 Å². The monoisotopic (exact) mass is 269 g/mol. The van der Waals surface area contributed by atoms with Gasteiger partial charge in [0.25, 0.3) is 0 Å². The zero-order valence-corrected chi connectivity index (χ0v) is 11.1. The second kappa shape index (κ2) is 5.01. The lowest BCUT2D eigenvalue weighted by atomic mass is 9.98. The smallest absolute Gasteiger partial charge is 0.150 e. The van der Waals surface area contributed by atoms with Gasteiger partial charge in [-0.1, -0.05) is 0 Å². The number of sulfone groups is 2. The molecular weight excluding hydrogens is 250 g/mol. The van der Waals surface area contributed by atoms with Crippen LogP contribution in [0.2, 0.25) is 0 Å². The second-order valence-corrected chi connectivity index (χ2v) is 9.17. The Morgan fingerprint density at radius 2 is 2.06 bits per heavy atom. The van der Waals surface area contributed by atoms with Crippen molar-refractivity contribution in [2.75, 3.05) is 23.5 Å². The standard InChI is InChI=1S/C9H19NO4S2/c1-15(11,12)4-3-9(10)6-8-2-5-16(13,14)7-8/h8-9H,2-7,10H2,1H3. The molecule has 1 aliphatic heterocycles. The molecule has 5 nitrogen and oxygen atoms in total. The summed E-state index contributed by atoms with van der Waals surface area (Å²) in [6.07, 6.45) is 2.86. The summed E-state index contributed by atoms with van der Waals surface area (Å²) in [6.45, 7) is 0. The normalized spacial score (nSPS) is 26.8. The van der Waals surface area contributed by atoms with Gasteiger partial charge in [0.05, 0.1) is 17.3 Å². The fourth-order valence-electron chi connectivity index (χ4n) is 1.97. The van der Waals surface area contributed by atoms with Crippen molar-refractivity contribution in [3.05, 3.63) is 0 Å². The van der Waals surface area contributed by atoms with Gasteiger partial charge in [0.15, 0.2) is 9.84 Å². The third-order valence-electron chi connectivity index (χ3n) is 2.82. The molecule has 0 aromatic carbocycles. The highest BCUT2D eigenvalue weighted by Gasteiger charge is 2.28. The molecule has 0 aromatic rings. The molecule has 1 heterocycles. The summed E-state index contributed by atoms with van der Waals surface area (Å²) < 4.78 is 44.3. The summed E-state index contributed by atoms with van der Waals surface area (Å²) in [4.78, 5) is 0. The van der Waals surface area contributed by atoms with E-state index in [1.54, 1.807) is 0 Å². The maximum atomic E-state index is 11.2. The van der Waals surface area contributed by atoms with Crippen molar-refractivity contribution in [3.63, 3.8) is 0 Å². The molecular formula is C9H19NO4S2. The topological polar surface area (TPSA) is 94.3 Å². The molecule has 2 atom stereocenters. The van der Waals surface area contributed by atoms with Gasteiger partial charge in [-0.25, -0.2) is 16.8 Å². The van der Waals surface area contributed by atoms with Crippen molar-refractivity contribution in [1.82, 2.24) is 0 Å². The summed E-state index contributed by atoms with van der Waals surface area (Å²) in [5.41, 5.74) is 5.79. The summed E-state index contributed by atoms with van der Waals surface area (Å²) in [5, 5.41) is 0. The second-order valence-electron chi connectivity index (χ2n) is 4.68. The van der Waals surface area contributed by atoms with E-state index in [0.717, 1.165) is 0 Å². The Balaban J connectivity index is 2.33. The molecule has 0 amide bonds. The highest BCUT2D eigenvalue weighted by atomic mass is 32.2. The number of hydrogen-bond donors (Lipinski definition) is 1. The Hall–Kier alpha value is -0.140. The Morgan fingerprint density at radius 1 is 1.44 bits per heavy atom. The fourth-order valence-corrected chi connectivity index (χ4v) is 4.58. The van der Waals surface area contributed by atoms with Crippen LogP contribution in [-0.2, 0) is 19.7 Å². The van der Waals surface area contributed by atoms with Gasteiger partial charge < -0.3 is 5.73 Å². The van der Waals surface area contributed by atoms with Crippen LogP contribution in [0.3, 0.4) is 0 Å². The quantitative estimate of drug-likeness (QED) is 0.731. The van der Waals surface area contributed by atoms with Gasteiger partial charge >= 0.3 is 0 Å². The van der Waals surface area contributed by atoms with Crippen molar-refractivity contribution < 1.29 is 16.8 Å². The zero-order valence-electron chi connectivity index (χ0n) is 9.42. The van der Waals surface area contributed by atoms with Crippen LogP contribution in [0, 0.1) is 5.92 Å². The third-order valence-corrected chi connectivity index (χ3v) is 5.64. The molecule has 0 bridgehead atoms. The summed E-state index contributed by atoms with van der Waals surface area (Å²) in [7, 11) is -5.83. The molecule has 2 unspecified atom stereocenters. The Bertz CT molecular complexity index is 426. The summed E-state index contributed by atoms with van der Waals surface area (Å²) in [5.74, 6) is 0.642. The average Bonchev–Trinajstić information content (AvgIpc) is 2.41. The van der Waals surface area contributed by atoms with E-state index in [1.807, 2.05) is 0 Å². The first kappa shape index (κ1) is 13.9. The van der Waals surface area contributed by atoms with E-state index in [9.17, 15) is 16.8 Å². The van der Waals surface area contributed by atoms with Crippen molar-refractivity contribution in [2.45, 2.75) is 25.3 Å². The van der Waals surface area contributed by atoms with Crippen LogP contribution in [0.25, 0.3) is 0 Å². The predicted molar refractivity (Wildman–Crippen MR) is 63.7 cm³/mol. The SMILES string of the molecule is CS(=O)(=O)CCC(N)CC1CCS(=O)(=O)C1. The Labute approximate surface area is 97.2 Å². The maximum absolute atomic E-state index is 11.2. The van der Waals surface area contributed by atoms with Crippen LogP contribution in [0.5, 0.6) is 0 Å². The lowest BCUT2D eigenvalue weighted by Crippen LogP contribution is -2.26. The van der Waals surface area contributed by atoms with E-state index < -0.39 is 19.7 Å². The molecule has 1 aliphatic rings. The molecule has 0 radical (unpaired) electrons. The maximum Gasteiger partial charge on any atom is 0.150 e. The van der Waals surface area contributed by atoms with Gasteiger partial charge in [-0.15, -0.1) is 0 Å². The van der Waals surface area contributed by atoms with Crippen LogP contribution in [0.15, 0.2) is 0 Å². The van der Waals surface area contributed by atoms with E-state index in [-0.39, 0.29) is 29.2 Å². The highest BCUT2D eigenvalue weighted by molar-refractivity contribution is 7.91. The van der Waals surface area contributed by atoms with E-state index in [1.165, 1.54) is 6.26 Å². The van der Waals surface area contributed by atoms with Gasteiger partial charge in [0.1, 0.15) is 9.84 Å². The lowest BCUT2D eigenvalue weighted by Gasteiger charge is -2.14. The van der Waals surface area contributed by atoms with Gasteiger partial charge in [-0.3, -0.25) is 0 Å². The molecule has 0 saturated carbocycles. The number of rotatable bonds is 5. The fraction of sp³-hybridized carbons (Fsp3) is 1.00. The van der Waals surface area contributed by atoms with Crippen molar-refractivity contribution in [1.29, 1.82) is 0 Å². The van der Waals surface area contributed by atoms with Crippen LogP contribution < -0.4 is 5.73 Å². The van der Waals surface area contributed by atoms with E-state index in [2.05, 4.69) is 0 Å². The van der Waals surface area contributed by atoms with Crippen LogP contribution in [0.1, 0.15) is 19.3 Å². The minimum atomic E-state index is -2.97. The van der Waals surface area contributed by atoms with Crippen molar-refractivity contribution >= 4 is 19.7 Å². The Morgan fingerprint density at radius 3 is 2.50 bits per heavy atom. The zero-order chi connectivity index (χ0) is 12.4. The highest BCUT2D eigenvalue weighted by Crippen LogP contribution is 2.23. The third kappa shape index (κ3) is 5.27. The van der Waals surface area contributed by atoms with Crippen LogP contribution >= 0.6 is 0 Å². The number of nitrogens with two attached hydrogens (primary N) is 1. The van der Waals surface area contributed by atoms with E-state index >= 15 is 0 Å². The van der Waals surface area contributed by atoms with E-state index in [4.69, 9.17) is 5.73 Å². The van der Waals surface area contributed by atoms with Crippen LogP contribution in [-0.4, -0.2) is 46.4 Å². The molecule has 96 valence electrons. The molecule has 16 heavy (non-hydrogen) atoms. The lowest BCUT2D eigenvalue weighted by molar-refractivity contribution is 0.461. The molecule has 2 N–H and O–H groups in total. The van der Waals surface area contributed by atoms with Crippen molar-refractivity contribution in [2.24, 2.45) is 11.7 Å². The largest absolute Gasteiger partial charge is 0.328 e. The number of hydrogen-bond acceptors (Lipinski definition) is 5. The average molecular weight is 269 g/mol. The summed E-state index contributed by atoms with van der Waals surface area (Å²) >= 11 is 0. The molecule has 0 aromatic heterocycles. The minimum absolute atomic E-state index is 0.0770.